The first-order valence-corrected chi connectivity index (χ1v) is 7.00. The first kappa shape index (κ1) is 16.3. The highest BCUT2D eigenvalue weighted by atomic mass is 35.5. The Balaban J connectivity index is 0.00000176. The molecule has 0 aliphatic rings. The normalized spacial score (nSPS) is 11.9. The first-order chi connectivity index (χ1) is 10.3. The van der Waals surface area contributed by atoms with Crippen LogP contribution in [0.3, 0.4) is 0 Å². The highest BCUT2D eigenvalue weighted by molar-refractivity contribution is 5.85. The van der Waals surface area contributed by atoms with Gasteiger partial charge in [0.05, 0.1) is 12.2 Å². The van der Waals surface area contributed by atoms with Crippen molar-refractivity contribution >= 4 is 12.4 Å². The molecule has 1 aromatic carbocycles. The largest absolute Gasteiger partial charge is 0.336 e. The van der Waals surface area contributed by atoms with Crippen molar-refractivity contribution in [3.63, 3.8) is 0 Å². The molecule has 2 N–H and O–H groups in total. The van der Waals surface area contributed by atoms with Gasteiger partial charge in [-0.3, -0.25) is 10.4 Å². The number of hydrogen-bond donors (Lipinski definition) is 2. The van der Waals surface area contributed by atoms with Crippen LogP contribution in [-0.4, -0.2) is 19.7 Å². The molecule has 3 aromatic rings. The van der Waals surface area contributed by atoms with Gasteiger partial charge >= 0.3 is 0 Å². The van der Waals surface area contributed by atoms with E-state index in [1.807, 2.05) is 43.2 Å². The Bertz CT molecular complexity index is 704. The fourth-order valence-corrected chi connectivity index (χ4v) is 2.42. The van der Waals surface area contributed by atoms with Crippen molar-refractivity contribution in [1.29, 1.82) is 0 Å². The molecular weight excluding hydrogens is 298 g/mol. The Hall–Kier alpha value is -2.11. The summed E-state index contributed by atoms with van der Waals surface area (Å²) in [6.07, 6.45) is 5.66. The second-order valence-corrected chi connectivity index (χ2v) is 5.14. The van der Waals surface area contributed by atoms with Crippen molar-refractivity contribution in [2.45, 2.75) is 19.5 Å². The summed E-state index contributed by atoms with van der Waals surface area (Å²) < 4.78 is 2.05. The Kier molecular flexibility index (Phi) is 5.35. The van der Waals surface area contributed by atoms with Gasteiger partial charge in [0.25, 0.3) is 0 Å². The van der Waals surface area contributed by atoms with E-state index in [0.717, 1.165) is 18.1 Å². The third kappa shape index (κ3) is 3.37. The Morgan fingerprint density at radius 1 is 1.27 bits per heavy atom. The number of aromatic nitrogens is 4. The van der Waals surface area contributed by atoms with Crippen molar-refractivity contribution in [1.82, 2.24) is 25.1 Å². The lowest BCUT2D eigenvalue weighted by atomic mass is 10.1. The minimum Gasteiger partial charge on any atom is -0.336 e. The number of rotatable bonds is 5. The number of nitrogens with zero attached hydrogens (tertiary/aromatic N) is 3. The zero-order chi connectivity index (χ0) is 14.7. The smallest absolute Gasteiger partial charge is 0.130 e. The fraction of sp³-hybridized carbons (Fsp3) is 0.250. The van der Waals surface area contributed by atoms with Gasteiger partial charge in [-0.2, -0.15) is 5.10 Å². The molecule has 0 saturated heterocycles. The maximum Gasteiger partial charge on any atom is 0.130 e. The van der Waals surface area contributed by atoms with E-state index in [1.165, 1.54) is 11.1 Å². The molecule has 5 nitrogen and oxygen atoms in total. The molecule has 0 fully saturated rings. The molecule has 0 radical (unpaired) electrons. The summed E-state index contributed by atoms with van der Waals surface area (Å²) in [5, 5.41) is 10.6. The lowest BCUT2D eigenvalue weighted by molar-refractivity contribution is 0.557. The SMILES string of the molecule is Cc1[nH]ncc1CNC(c1ccccc1)c1nccn1C.Cl. The van der Waals surface area contributed by atoms with E-state index in [0.29, 0.717) is 0 Å². The van der Waals surface area contributed by atoms with E-state index in [4.69, 9.17) is 0 Å². The summed E-state index contributed by atoms with van der Waals surface area (Å²) >= 11 is 0. The second-order valence-electron chi connectivity index (χ2n) is 5.14. The van der Waals surface area contributed by atoms with Crippen LogP contribution >= 0.6 is 12.4 Å². The molecule has 1 atom stereocenters. The van der Waals surface area contributed by atoms with Crippen LogP contribution in [0.4, 0.5) is 0 Å². The molecule has 116 valence electrons. The second kappa shape index (κ2) is 7.24. The number of aromatic amines is 1. The summed E-state index contributed by atoms with van der Waals surface area (Å²) in [5.41, 5.74) is 3.47. The van der Waals surface area contributed by atoms with E-state index >= 15 is 0 Å². The maximum atomic E-state index is 4.49. The molecule has 1 unspecified atom stereocenters. The van der Waals surface area contributed by atoms with Crippen LogP contribution < -0.4 is 5.32 Å². The van der Waals surface area contributed by atoms with Crippen LogP contribution in [-0.2, 0) is 13.6 Å². The average molecular weight is 318 g/mol. The lowest BCUT2D eigenvalue weighted by Gasteiger charge is -2.19. The van der Waals surface area contributed by atoms with Gasteiger partial charge < -0.3 is 4.57 Å². The van der Waals surface area contributed by atoms with Crippen molar-refractivity contribution in [2.75, 3.05) is 0 Å². The zero-order valence-electron chi connectivity index (χ0n) is 12.7. The van der Waals surface area contributed by atoms with Gasteiger partial charge in [-0.15, -0.1) is 12.4 Å². The standard InChI is InChI=1S/C16H19N5.ClH/c1-12-14(11-19-20-12)10-18-15(13-6-4-3-5-7-13)16-17-8-9-21(16)2;/h3-9,11,15,18H,10H2,1-2H3,(H,19,20);1H. The van der Waals surface area contributed by atoms with Crippen molar-refractivity contribution < 1.29 is 0 Å². The number of nitrogens with one attached hydrogen (secondary N) is 2. The van der Waals surface area contributed by atoms with Crippen LogP contribution in [0.25, 0.3) is 0 Å². The van der Waals surface area contributed by atoms with E-state index in [2.05, 4.69) is 44.8 Å². The summed E-state index contributed by atoms with van der Waals surface area (Å²) in [4.78, 5) is 4.49. The van der Waals surface area contributed by atoms with Gasteiger partial charge in [0.1, 0.15) is 5.82 Å². The molecule has 2 heterocycles. The van der Waals surface area contributed by atoms with Crippen LogP contribution in [0.15, 0.2) is 48.9 Å². The zero-order valence-corrected chi connectivity index (χ0v) is 13.5. The van der Waals surface area contributed by atoms with Gasteiger partial charge in [-0.1, -0.05) is 30.3 Å². The third-order valence-corrected chi connectivity index (χ3v) is 3.68. The molecule has 0 amide bonds. The summed E-state index contributed by atoms with van der Waals surface area (Å²) in [6.45, 7) is 2.77. The fourth-order valence-electron chi connectivity index (χ4n) is 2.42. The number of imidazole rings is 1. The summed E-state index contributed by atoms with van der Waals surface area (Å²) in [5.74, 6) is 1.00. The van der Waals surface area contributed by atoms with Crippen molar-refractivity contribution in [3.05, 3.63) is 71.6 Å². The Labute approximate surface area is 136 Å². The third-order valence-electron chi connectivity index (χ3n) is 3.68. The van der Waals surface area contributed by atoms with E-state index in [9.17, 15) is 0 Å². The van der Waals surface area contributed by atoms with E-state index < -0.39 is 0 Å². The number of halogens is 1. The van der Waals surface area contributed by atoms with Gasteiger partial charge in [-0.05, 0) is 12.5 Å². The van der Waals surface area contributed by atoms with Gasteiger partial charge in [0.2, 0.25) is 0 Å². The Morgan fingerprint density at radius 3 is 2.64 bits per heavy atom. The number of aryl methyl sites for hydroxylation is 2. The molecule has 0 spiro atoms. The number of hydrogen-bond acceptors (Lipinski definition) is 3. The summed E-state index contributed by atoms with van der Waals surface area (Å²) in [7, 11) is 2.02. The molecule has 0 saturated carbocycles. The number of benzene rings is 1. The molecule has 0 aliphatic carbocycles. The predicted octanol–water partition coefficient (Wildman–Crippen LogP) is 2.75. The first-order valence-electron chi connectivity index (χ1n) is 7.00. The van der Waals surface area contributed by atoms with Gasteiger partial charge in [-0.25, -0.2) is 4.98 Å². The summed E-state index contributed by atoms with van der Waals surface area (Å²) in [6, 6.07) is 10.4. The highest BCUT2D eigenvalue weighted by Crippen LogP contribution is 2.20. The molecule has 6 heteroatoms. The molecule has 2 aromatic heterocycles. The van der Waals surface area contributed by atoms with Gasteiger partial charge in [0, 0.05) is 37.2 Å². The molecule has 22 heavy (non-hydrogen) atoms. The topological polar surface area (TPSA) is 58.5 Å². The minimum atomic E-state index is 0. The molecule has 0 aliphatic heterocycles. The molecule has 0 bridgehead atoms. The monoisotopic (exact) mass is 317 g/mol. The van der Waals surface area contributed by atoms with Crippen molar-refractivity contribution in [2.24, 2.45) is 7.05 Å². The highest BCUT2D eigenvalue weighted by Gasteiger charge is 2.18. The van der Waals surface area contributed by atoms with Crippen LogP contribution in [0.1, 0.15) is 28.7 Å². The minimum absolute atomic E-state index is 0. The Morgan fingerprint density at radius 2 is 2.05 bits per heavy atom. The average Bonchev–Trinajstić information content (AvgIpc) is 3.10. The van der Waals surface area contributed by atoms with Gasteiger partial charge in [0.15, 0.2) is 0 Å². The number of H-pyrrole nitrogens is 1. The van der Waals surface area contributed by atoms with Crippen LogP contribution in [0.5, 0.6) is 0 Å². The van der Waals surface area contributed by atoms with Crippen LogP contribution in [0.2, 0.25) is 0 Å². The van der Waals surface area contributed by atoms with Crippen LogP contribution in [0, 0.1) is 6.92 Å². The molecule has 3 rings (SSSR count). The van der Waals surface area contributed by atoms with E-state index in [1.54, 1.807) is 0 Å². The molecular formula is C16H20ClN5. The quantitative estimate of drug-likeness (QED) is 0.760. The van der Waals surface area contributed by atoms with Crippen molar-refractivity contribution in [3.8, 4) is 0 Å². The van der Waals surface area contributed by atoms with E-state index in [-0.39, 0.29) is 18.4 Å². The lowest BCUT2D eigenvalue weighted by Crippen LogP contribution is -2.24. The predicted molar refractivity (Wildman–Crippen MR) is 88.9 cm³/mol. The maximum absolute atomic E-state index is 4.49.